The third-order valence-electron chi connectivity index (χ3n) is 3.32. The molecule has 0 aromatic heterocycles. The lowest BCUT2D eigenvalue weighted by Crippen LogP contribution is -2.32. The fraction of sp³-hybridized carbons (Fsp3) is 0.600. The second kappa shape index (κ2) is 3.51. The Labute approximate surface area is 98.8 Å². The van der Waals surface area contributed by atoms with Gasteiger partial charge < -0.3 is 4.74 Å². The molecular formula is C15H22O. The second-order valence-corrected chi connectivity index (χ2v) is 6.43. The zero-order valence-electron chi connectivity index (χ0n) is 11.1. The molecule has 0 saturated carbocycles. The van der Waals surface area contributed by atoms with Crippen molar-refractivity contribution in [1.82, 2.24) is 0 Å². The first kappa shape index (κ1) is 11.5. The van der Waals surface area contributed by atoms with Crippen molar-refractivity contribution in [3.8, 4) is 5.75 Å². The third-order valence-corrected chi connectivity index (χ3v) is 3.32. The number of aryl methyl sites for hydroxylation is 1. The highest BCUT2D eigenvalue weighted by molar-refractivity contribution is 5.41. The molecule has 0 saturated heterocycles. The van der Waals surface area contributed by atoms with E-state index in [1.54, 1.807) is 0 Å². The van der Waals surface area contributed by atoms with Crippen molar-refractivity contribution >= 4 is 0 Å². The number of benzene rings is 1. The zero-order chi connectivity index (χ0) is 12.0. The van der Waals surface area contributed by atoms with Crippen molar-refractivity contribution < 1.29 is 4.74 Å². The summed E-state index contributed by atoms with van der Waals surface area (Å²) in [5.74, 6) is 1.09. The average Bonchev–Trinajstić information content (AvgIpc) is 2.13. The van der Waals surface area contributed by atoms with Gasteiger partial charge >= 0.3 is 0 Å². The fourth-order valence-electron chi connectivity index (χ4n) is 2.11. The van der Waals surface area contributed by atoms with Crippen LogP contribution in [0.15, 0.2) is 18.2 Å². The van der Waals surface area contributed by atoms with E-state index in [1.807, 2.05) is 0 Å². The van der Waals surface area contributed by atoms with Gasteiger partial charge in [0, 0.05) is 0 Å². The molecule has 0 bridgehead atoms. The van der Waals surface area contributed by atoms with Gasteiger partial charge in [0.2, 0.25) is 0 Å². The molecule has 1 aromatic rings. The normalized spacial score (nSPS) is 18.8. The minimum absolute atomic E-state index is 0.0104. The Balaban J connectivity index is 2.39. The minimum Gasteiger partial charge on any atom is -0.488 e. The van der Waals surface area contributed by atoms with Crippen LogP contribution in [0.3, 0.4) is 0 Å². The lowest BCUT2D eigenvalue weighted by Gasteiger charge is -2.33. The molecule has 0 amide bonds. The number of hydrogen-bond acceptors (Lipinski definition) is 1. The first-order valence-corrected chi connectivity index (χ1v) is 6.10. The van der Waals surface area contributed by atoms with Crippen LogP contribution in [0.1, 0.15) is 52.2 Å². The number of rotatable bonds is 0. The van der Waals surface area contributed by atoms with Crippen molar-refractivity contribution in [3.63, 3.8) is 0 Å². The molecule has 0 radical (unpaired) electrons. The van der Waals surface area contributed by atoms with Gasteiger partial charge in [-0.25, -0.2) is 0 Å². The summed E-state index contributed by atoms with van der Waals surface area (Å²) >= 11 is 0. The first-order valence-electron chi connectivity index (χ1n) is 6.10. The van der Waals surface area contributed by atoms with Crippen LogP contribution in [0.4, 0.5) is 0 Å². The van der Waals surface area contributed by atoms with Crippen LogP contribution in [0.5, 0.6) is 5.75 Å². The van der Waals surface area contributed by atoms with Gasteiger partial charge in [-0.2, -0.15) is 0 Å². The molecule has 0 unspecified atom stereocenters. The van der Waals surface area contributed by atoms with Crippen molar-refractivity contribution in [1.29, 1.82) is 0 Å². The topological polar surface area (TPSA) is 9.23 Å². The standard InChI is InChI=1S/C15H22O/c1-14(2,3)12-7-6-11-8-9-15(4,5)16-13(11)10-12/h6-7,10H,8-9H2,1-5H3. The molecule has 0 aliphatic carbocycles. The summed E-state index contributed by atoms with van der Waals surface area (Å²) in [5, 5.41) is 0. The monoisotopic (exact) mass is 218 g/mol. The Hall–Kier alpha value is -0.980. The summed E-state index contributed by atoms with van der Waals surface area (Å²) in [7, 11) is 0. The Bertz CT molecular complexity index is 396. The zero-order valence-corrected chi connectivity index (χ0v) is 11.1. The quantitative estimate of drug-likeness (QED) is 0.637. The molecule has 1 heteroatoms. The maximum Gasteiger partial charge on any atom is 0.123 e. The van der Waals surface area contributed by atoms with Gasteiger partial charge in [-0.05, 0) is 49.3 Å². The molecule has 16 heavy (non-hydrogen) atoms. The van der Waals surface area contributed by atoms with E-state index in [0.717, 1.165) is 18.6 Å². The minimum atomic E-state index is -0.0104. The third kappa shape index (κ3) is 2.23. The van der Waals surface area contributed by atoms with Gasteiger partial charge in [0.05, 0.1) is 0 Å². The van der Waals surface area contributed by atoms with E-state index >= 15 is 0 Å². The van der Waals surface area contributed by atoms with Gasteiger partial charge in [0.15, 0.2) is 0 Å². The van der Waals surface area contributed by atoms with Gasteiger partial charge in [0.25, 0.3) is 0 Å². The molecule has 0 spiro atoms. The van der Waals surface area contributed by atoms with Crippen molar-refractivity contribution in [3.05, 3.63) is 29.3 Å². The summed E-state index contributed by atoms with van der Waals surface area (Å²) < 4.78 is 6.06. The average molecular weight is 218 g/mol. The summed E-state index contributed by atoms with van der Waals surface area (Å²) in [4.78, 5) is 0. The van der Waals surface area contributed by atoms with E-state index in [2.05, 4.69) is 52.8 Å². The maximum atomic E-state index is 6.06. The maximum absolute atomic E-state index is 6.06. The molecule has 88 valence electrons. The van der Waals surface area contributed by atoms with Crippen molar-refractivity contribution in [2.75, 3.05) is 0 Å². The molecule has 0 fully saturated rings. The lowest BCUT2D eigenvalue weighted by atomic mass is 9.85. The number of ether oxygens (including phenoxy) is 1. The van der Waals surface area contributed by atoms with Gasteiger partial charge in [-0.15, -0.1) is 0 Å². The molecule has 1 aliphatic heterocycles. The van der Waals surface area contributed by atoms with E-state index in [4.69, 9.17) is 4.74 Å². The molecular weight excluding hydrogens is 196 g/mol. The predicted molar refractivity (Wildman–Crippen MR) is 68.2 cm³/mol. The van der Waals surface area contributed by atoms with E-state index in [-0.39, 0.29) is 11.0 Å². The number of hydrogen-bond donors (Lipinski definition) is 0. The highest BCUT2D eigenvalue weighted by Crippen LogP contribution is 2.36. The van der Waals surface area contributed by atoms with Crippen LogP contribution in [-0.2, 0) is 11.8 Å². The van der Waals surface area contributed by atoms with Crippen LogP contribution < -0.4 is 4.74 Å². The van der Waals surface area contributed by atoms with Crippen molar-refractivity contribution in [2.45, 2.75) is 58.5 Å². The highest BCUT2D eigenvalue weighted by atomic mass is 16.5. The molecule has 1 aromatic carbocycles. The Morgan fingerprint density at radius 1 is 1.19 bits per heavy atom. The molecule has 0 atom stereocenters. The Morgan fingerprint density at radius 2 is 1.88 bits per heavy atom. The van der Waals surface area contributed by atoms with Gasteiger partial charge in [0.1, 0.15) is 11.4 Å². The van der Waals surface area contributed by atoms with Gasteiger partial charge in [-0.3, -0.25) is 0 Å². The molecule has 1 heterocycles. The Morgan fingerprint density at radius 3 is 2.50 bits per heavy atom. The van der Waals surface area contributed by atoms with E-state index in [9.17, 15) is 0 Å². The van der Waals surface area contributed by atoms with E-state index in [0.29, 0.717) is 0 Å². The van der Waals surface area contributed by atoms with Crippen LogP contribution in [-0.4, -0.2) is 5.60 Å². The summed E-state index contributed by atoms with van der Waals surface area (Å²) in [6.07, 6.45) is 2.24. The first-order chi connectivity index (χ1) is 7.28. The van der Waals surface area contributed by atoms with Crippen molar-refractivity contribution in [2.24, 2.45) is 0 Å². The lowest BCUT2D eigenvalue weighted by molar-refractivity contribution is 0.0844. The van der Waals surface area contributed by atoms with Crippen LogP contribution in [0, 0.1) is 0 Å². The van der Waals surface area contributed by atoms with Gasteiger partial charge in [-0.1, -0.05) is 32.9 Å². The second-order valence-electron chi connectivity index (χ2n) is 6.43. The summed E-state index contributed by atoms with van der Waals surface area (Å²) in [5.41, 5.74) is 2.89. The SMILES string of the molecule is CC1(C)CCc2ccc(C(C)(C)C)cc2O1. The smallest absolute Gasteiger partial charge is 0.123 e. The van der Waals surface area contributed by atoms with E-state index in [1.165, 1.54) is 11.1 Å². The molecule has 0 N–H and O–H groups in total. The summed E-state index contributed by atoms with van der Waals surface area (Å²) in [6, 6.07) is 6.68. The van der Waals surface area contributed by atoms with Crippen LogP contribution >= 0.6 is 0 Å². The predicted octanol–water partition coefficient (Wildman–Crippen LogP) is 4.09. The largest absolute Gasteiger partial charge is 0.488 e. The summed E-state index contributed by atoms with van der Waals surface area (Å²) in [6.45, 7) is 11.0. The molecule has 1 nitrogen and oxygen atoms in total. The van der Waals surface area contributed by atoms with Crippen LogP contribution in [0.25, 0.3) is 0 Å². The van der Waals surface area contributed by atoms with E-state index < -0.39 is 0 Å². The highest BCUT2D eigenvalue weighted by Gasteiger charge is 2.27. The molecule has 1 aliphatic rings. The fourth-order valence-corrected chi connectivity index (χ4v) is 2.11. The Kier molecular flexibility index (Phi) is 2.52. The molecule has 2 rings (SSSR count). The number of fused-ring (bicyclic) bond motifs is 1. The van der Waals surface area contributed by atoms with Crippen LogP contribution in [0.2, 0.25) is 0 Å².